The summed E-state index contributed by atoms with van der Waals surface area (Å²) in [6.07, 6.45) is -4.22. The number of benzene rings is 1. The van der Waals surface area contributed by atoms with E-state index in [1.54, 1.807) is 0 Å². The van der Waals surface area contributed by atoms with E-state index in [4.69, 9.17) is 11.6 Å². The highest BCUT2D eigenvalue weighted by Gasteiger charge is 2.47. The van der Waals surface area contributed by atoms with Gasteiger partial charge < -0.3 is 15.3 Å². The lowest BCUT2D eigenvalue weighted by atomic mass is 9.74. The Morgan fingerprint density at radius 1 is 1.36 bits per heavy atom. The van der Waals surface area contributed by atoms with E-state index < -0.39 is 17.8 Å². The maximum Gasteiger partial charge on any atom is 0.416 e. The number of fused-ring (bicyclic) bond motifs is 1. The van der Waals surface area contributed by atoms with Crippen LogP contribution in [0, 0.1) is 11.8 Å². The number of alkyl halides is 3. The second-order valence-electron chi connectivity index (χ2n) is 5.75. The Kier molecular flexibility index (Phi) is 3.72. The van der Waals surface area contributed by atoms with Crippen LogP contribution in [0.3, 0.4) is 0 Å². The molecular formula is C14H14ClF3N2O2. The molecule has 0 bridgehead atoms. The zero-order chi connectivity index (χ0) is 16.1. The smallest absolute Gasteiger partial charge is 0.393 e. The van der Waals surface area contributed by atoms with Crippen LogP contribution in [-0.4, -0.2) is 35.2 Å². The van der Waals surface area contributed by atoms with Gasteiger partial charge in [0, 0.05) is 19.0 Å². The summed E-state index contributed by atoms with van der Waals surface area (Å²) in [5, 5.41) is 12.0. The van der Waals surface area contributed by atoms with Crippen molar-refractivity contribution in [3.05, 3.63) is 28.8 Å². The monoisotopic (exact) mass is 334 g/mol. The Balaban J connectivity index is 1.72. The highest BCUT2D eigenvalue weighted by atomic mass is 35.5. The lowest BCUT2D eigenvalue weighted by Crippen LogP contribution is -2.40. The number of urea groups is 1. The van der Waals surface area contributed by atoms with Crippen molar-refractivity contribution in [3.63, 3.8) is 0 Å². The van der Waals surface area contributed by atoms with Crippen LogP contribution in [0.4, 0.5) is 23.7 Å². The molecule has 0 radical (unpaired) electrons. The van der Waals surface area contributed by atoms with Crippen LogP contribution in [0.2, 0.25) is 5.02 Å². The lowest BCUT2D eigenvalue weighted by Gasteiger charge is -2.34. The number of hydrogen-bond acceptors (Lipinski definition) is 2. The van der Waals surface area contributed by atoms with Crippen molar-refractivity contribution in [2.24, 2.45) is 11.8 Å². The first-order chi connectivity index (χ1) is 10.3. The summed E-state index contributed by atoms with van der Waals surface area (Å²) in [5.41, 5.74) is -0.939. The molecule has 3 rings (SSSR count). The Hall–Kier alpha value is -1.47. The van der Waals surface area contributed by atoms with Crippen molar-refractivity contribution in [2.45, 2.75) is 18.7 Å². The molecule has 120 valence electrons. The molecule has 2 N–H and O–H groups in total. The summed E-state index contributed by atoms with van der Waals surface area (Å²) < 4.78 is 38.1. The summed E-state index contributed by atoms with van der Waals surface area (Å²) in [6.45, 7) is 0.915. The summed E-state index contributed by atoms with van der Waals surface area (Å²) in [7, 11) is 0. The van der Waals surface area contributed by atoms with Crippen molar-refractivity contribution in [1.29, 1.82) is 0 Å². The summed E-state index contributed by atoms with van der Waals surface area (Å²) in [5.74, 6) is 0.348. The zero-order valence-corrected chi connectivity index (χ0v) is 12.2. The number of likely N-dealkylation sites (tertiary alicyclic amines) is 1. The lowest BCUT2D eigenvalue weighted by molar-refractivity contribution is -0.137. The number of nitrogens with one attached hydrogen (secondary N) is 1. The van der Waals surface area contributed by atoms with Crippen molar-refractivity contribution in [3.8, 4) is 0 Å². The van der Waals surface area contributed by atoms with Crippen LogP contribution < -0.4 is 5.32 Å². The molecule has 22 heavy (non-hydrogen) atoms. The molecule has 2 aliphatic rings. The molecule has 0 unspecified atom stereocenters. The number of halogens is 4. The second kappa shape index (κ2) is 5.31. The summed E-state index contributed by atoms with van der Waals surface area (Å²) >= 11 is 5.85. The minimum absolute atomic E-state index is 0.0450. The molecule has 1 aliphatic carbocycles. The van der Waals surface area contributed by atoms with E-state index in [0.717, 1.165) is 18.2 Å². The van der Waals surface area contributed by atoms with Gasteiger partial charge in [0.05, 0.1) is 22.4 Å². The van der Waals surface area contributed by atoms with Gasteiger partial charge >= 0.3 is 12.2 Å². The van der Waals surface area contributed by atoms with Crippen molar-refractivity contribution in [2.75, 3.05) is 18.4 Å². The molecule has 2 amide bonds. The summed E-state index contributed by atoms with van der Waals surface area (Å²) in [4.78, 5) is 13.6. The fraction of sp³-hybridized carbons (Fsp3) is 0.500. The van der Waals surface area contributed by atoms with Crippen LogP contribution in [0.5, 0.6) is 0 Å². The molecule has 1 aromatic carbocycles. The number of carbonyl (C=O) groups excluding carboxylic acids is 1. The number of anilines is 1. The average molecular weight is 335 g/mol. The first-order valence-corrected chi connectivity index (χ1v) is 7.24. The predicted octanol–water partition coefficient (Wildman–Crippen LogP) is 3.20. The van der Waals surface area contributed by atoms with E-state index in [1.807, 2.05) is 0 Å². The van der Waals surface area contributed by atoms with Gasteiger partial charge in [0.2, 0.25) is 0 Å². The van der Waals surface area contributed by atoms with E-state index in [0.29, 0.717) is 19.5 Å². The largest absolute Gasteiger partial charge is 0.416 e. The number of rotatable bonds is 1. The van der Waals surface area contributed by atoms with Gasteiger partial charge in [-0.25, -0.2) is 4.79 Å². The minimum Gasteiger partial charge on any atom is -0.393 e. The van der Waals surface area contributed by atoms with Gasteiger partial charge in [-0.2, -0.15) is 13.2 Å². The molecule has 0 spiro atoms. The average Bonchev–Trinajstić information content (AvgIpc) is 2.77. The molecule has 4 nitrogen and oxygen atoms in total. The highest BCUT2D eigenvalue weighted by molar-refractivity contribution is 6.33. The van der Waals surface area contributed by atoms with E-state index in [1.165, 1.54) is 4.90 Å². The van der Waals surface area contributed by atoms with Crippen molar-refractivity contribution < 1.29 is 23.1 Å². The molecule has 1 aromatic rings. The molecule has 0 aromatic heterocycles. The SMILES string of the molecule is O=C(Nc1cc(C(F)(F)F)ccc1Cl)N1C[C@H]2C[C@H](O)[C@H]2C1. The number of hydrogen-bond donors (Lipinski definition) is 2. The third kappa shape index (κ3) is 2.75. The number of amides is 2. The minimum atomic E-state index is -4.50. The molecule has 1 saturated carbocycles. The van der Waals surface area contributed by atoms with E-state index in [-0.39, 0.29) is 28.6 Å². The zero-order valence-electron chi connectivity index (χ0n) is 11.4. The highest BCUT2D eigenvalue weighted by Crippen LogP contribution is 2.41. The van der Waals surface area contributed by atoms with Crippen LogP contribution in [0.25, 0.3) is 0 Å². The third-order valence-corrected chi connectivity index (χ3v) is 4.68. The number of carbonyl (C=O) groups is 1. The molecule has 2 fully saturated rings. The van der Waals surface area contributed by atoms with Gasteiger partial charge in [-0.15, -0.1) is 0 Å². The van der Waals surface area contributed by atoms with Gasteiger partial charge in [-0.05, 0) is 30.5 Å². The Bertz CT molecular complexity index is 608. The Morgan fingerprint density at radius 3 is 2.68 bits per heavy atom. The quantitative estimate of drug-likeness (QED) is 0.828. The first-order valence-electron chi connectivity index (χ1n) is 6.86. The molecule has 1 aliphatic heterocycles. The first kappa shape index (κ1) is 15.4. The van der Waals surface area contributed by atoms with Gasteiger partial charge in [-0.3, -0.25) is 0 Å². The van der Waals surface area contributed by atoms with Gasteiger partial charge in [0.25, 0.3) is 0 Å². The van der Waals surface area contributed by atoms with Crippen LogP contribution in [-0.2, 0) is 6.18 Å². The second-order valence-corrected chi connectivity index (χ2v) is 6.16. The molecule has 1 heterocycles. The molecular weight excluding hydrogens is 321 g/mol. The number of nitrogens with zero attached hydrogens (tertiary/aromatic N) is 1. The van der Waals surface area contributed by atoms with Crippen LogP contribution >= 0.6 is 11.6 Å². The molecule has 1 saturated heterocycles. The maximum absolute atomic E-state index is 12.7. The predicted molar refractivity (Wildman–Crippen MR) is 74.6 cm³/mol. The Morgan fingerprint density at radius 2 is 2.09 bits per heavy atom. The fourth-order valence-electron chi connectivity index (χ4n) is 3.03. The van der Waals surface area contributed by atoms with E-state index in [9.17, 15) is 23.1 Å². The maximum atomic E-state index is 12.7. The normalized spacial score (nSPS) is 27.3. The van der Waals surface area contributed by atoms with Crippen molar-refractivity contribution in [1.82, 2.24) is 4.90 Å². The summed E-state index contributed by atoms with van der Waals surface area (Å²) in [6, 6.07) is 2.30. The fourth-order valence-corrected chi connectivity index (χ4v) is 3.19. The Labute approximate surface area is 129 Å². The van der Waals surface area contributed by atoms with Gasteiger partial charge in [0.1, 0.15) is 0 Å². The molecule has 3 atom stereocenters. The standard InChI is InChI=1S/C14H14ClF3N2O2/c15-10-2-1-8(14(16,17)18)4-11(10)19-13(22)20-5-7-3-12(21)9(7)6-20/h1-2,4,7,9,12,21H,3,5-6H2,(H,19,22)/t7-,9+,12+/m1/s1. The van der Waals surface area contributed by atoms with E-state index in [2.05, 4.69) is 5.32 Å². The number of aliphatic hydroxyl groups is 1. The van der Waals surface area contributed by atoms with Crippen LogP contribution in [0.1, 0.15) is 12.0 Å². The van der Waals surface area contributed by atoms with Gasteiger partial charge in [0.15, 0.2) is 0 Å². The van der Waals surface area contributed by atoms with Crippen LogP contribution in [0.15, 0.2) is 18.2 Å². The third-order valence-electron chi connectivity index (χ3n) is 4.35. The number of aliphatic hydroxyl groups excluding tert-OH is 1. The topological polar surface area (TPSA) is 52.6 Å². The van der Waals surface area contributed by atoms with E-state index >= 15 is 0 Å². The van der Waals surface area contributed by atoms with Gasteiger partial charge in [-0.1, -0.05) is 11.6 Å². The van der Waals surface area contributed by atoms with Crippen molar-refractivity contribution >= 4 is 23.3 Å². The molecule has 8 heteroatoms.